The minimum atomic E-state index is -0.00451. The van der Waals surface area contributed by atoms with Crippen molar-refractivity contribution in [1.29, 1.82) is 0 Å². The molecule has 176 valence electrons. The molecule has 0 saturated heterocycles. The Morgan fingerprint density at radius 1 is 1.09 bits per heavy atom. The lowest BCUT2D eigenvalue weighted by molar-refractivity contribution is -0.118. The largest absolute Gasteiger partial charge is 0.497 e. The highest BCUT2D eigenvalue weighted by atomic mass is 35.5. The number of amides is 1. The van der Waals surface area contributed by atoms with Crippen LogP contribution in [0.1, 0.15) is 18.5 Å². The third kappa shape index (κ3) is 5.81. The van der Waals surface area contributed by atoms with E-state index in [0.717, 1.165) is 33.2 Å². The van der Waals surface area contributed by atoms with E-state index in [-0.39, 0.29) is 5.91 Å². The summed E-state index contributed by atoms with van der Waals surface area (Å²) in [6.07, 6.45) is 2.86. The standard InChI is InChI=1S/C25H24ClN3O3S2/c1-31-18-8-10-19(11-9-18)33-15-5-7-22(30)29(16-17-6-3-4-14-27-17)25-28-23-21(32-2)13-12-20(26)24(23)34-25/h3-4,6,8-14H,5,7,15-16H2,1-2H3. The number of rotatable bonds is 10. The van der Waals surface area contributed by atoms with Crippen LogP contribution in [-0.4, -0.2) is 35.8 Å². The number of anilines is 1. The van der Waals surface area contributed by atoms with Gasteiger partial charge in [0.1, 0.15) is 17.0 Å². The zero-order chi connectivity index (χ0) is 23.9. The second kappa shape index (κ2) is 11.6. The molecule has 0 fully saturated rings. The highest BCUT2D eigenvalue weighted by Crippen LogP contribution is 2.39. The number of benzene rings is 2. The summed E-state index contributed by atoms with van der Waals surface area (Å²) in [6, 6.07) is 17.2. The molecule has 34 heavy (non-hydrogen) atoms. The van der Waals surface area contributed by atoms with Crippen molar-refractivity contribution in [2.75, 3.05) is 24.9 Å². The summed E-state index contributed by atoms with van der Waals surface area (Å²) in [4.78, 5) is 25.3. The summed E-state index contributed by atoms with van der Waals surface area (Å²) < 4.78 is 11.4. The summed E-state index contributed by atoms with van der Waals surface area (Å²) in [7, 11) is 3.25. The van der Waals surface area contributed by atoms with Crippen LogP contribution >= 0.6 is 34.7 Å². The first-order chi connectivity index (χ1) is 16.6. The van der Waals surface area contributed by atoms with E-state index in [0.29, 0.717) is 34.4 Å². The van der Waals surface area contributed by atoms with Gasteiger partial charge >= 0.3 is 0 Å². The van der Waals surface area contributed by atoms with Crippen molar-refractivity contribution in [3.05, 3.63) is 71.5 Å². The second-order valence-corrected chi connectivity index (χ2v) is 9.91. The molecule has 0 radical (unpaired) electrons. The molecule has 6 nitrogen and oxygen atoms in total. The Bertz CT molecular complexity index is 1250. The number of methoxy groups -OCH3 is 2. The minimum Gasteiger partial charge on any atom is -0.497 e. The third-order valence-corrected chi connectivity index (χ3v) is 7.75. The lowest BCUT2D eigenvalue weighted by Gasteiger charge is -2.19. The molecule has 0 bridgehead atoms. The molecule has 4 rings (SSSR count). The summed E-state index contributed by atoms with van der Waals surface area (Å²) in [6.45, 7) is 0.338. The van der Waals surface area contributed by atoms with Crippen molar-refractivity contribution in [2.45, 2.75) is 24.3 Å². The fourth-order valence-corrected chi connectivity index (χ4v) is 5.48. The first-order valence-corrected chi connectivity index (χ1v) is 12.9. The van der Waals surface area contributed by atoms with Gasteiger partial charge in [0.05, 0.1) is 36.2 Å². The van der Waals surface area contributed by atoms with Gasteiger partial charge in [-0.3, -0.25) is 14.7 Å². The smallest absolute Gasteiger partial charge is 0.229 e. The Hall–Kier alpha value is -2.81. The molecule has 0 aliphatic carbocycles. The fourth-order valence-electron chi connectivity index (χ4n) is 3.36. The number of thiazole rings is 1. The van der Waals surface area contributed by atoms with Crippen molar-refractivity contribution < 1.29 is 14.3 Å². The molecule has 0 aliphatic heterocycles. The summed E-state index contributed by atoms with van der Waals surface area (Å²) in [5, 5.41) is 1.17. The Balaban J connectivity index is 1.49. The van der Waals surface area contributed by atoms with Gasteiger partial charge in [-0.15, -0.1) is 11.8 Å². The van der Waals surface area contributed by atoms with Gasteiger partial charge in [0, 0.05) is 17.5 Å². The molecule has 0 saturated carbocycles. The third-order valence-electron chi connectivity index (χ3n) is 5.11. The van der Waals surface area contributed by atoms with Crippen LogP contribution < -0.4 is 14.4 Å². The SMILES string of the molecule is COc1ccc(SCCCC(=O)N(Cc2ccccn2)c2nc3c(OC)ccc(Cl)c3s2)cc1. The van der Waals surface area contributed by atoms with Crippen molar-refractivity contribution >= 4 is 56.0 Å². The second-order valence-electron chi connectivity index (χ2n) is 7.35. The Morgan fingerprint density at radius 3 is 2.62 bits per heavy atom. The van der Waals surface area contributed by atoms with Gasteiger partial charge in [0.2, 0.25) is 5.91 Å². The Morgan fingerprint density at radius 2 is 1.91 bits per heavy atom. The monoisotopic (exact) mass is 513 g/mol. The highest BCUT2D eigenvalue weighted by Gasteiger charge is 2.22. The van der Waals surface area contributed by atoms with Gasteiger partial charge in [-0.25, -0.2) is 4.98 Å². The van der Waals surface area contributed by atoms with Crippen molar-refractivity contribution in [3.63, 3.8) is 0 Å². The molecule has 2 heterocycles. The van der Waals surface area contributed by atoms with E-state index in [4.69, 9.17) is 26.1 Å². The summed E-state index contributed by atoms with van der Waals surface area (Å²) >= 11 is 9.52. The van der Waals surface area contributed by atoms with Gasteiger partial charge < -0.3 is 9.47 Å². The zero-order valence-corrected chi connectivity index (χ0v) is 21.3. The van der Waals surface area contributed by atoms with Gasteiger partial charge in [0.15, 0.2) is 5.13 Å². The van der Waals surface area contributed by atoms with Crippen LogP contribution in [0.25, 0.3) is 10.2 Å². The van der Waals surface area contributed by atoms with Gasteiger partial charge in [-0.2, -0.15) is 0 Å². The first-order valence-electron chi connectivity index (χ1n) is 10.7. The van der Waals surface area contributed by atoms with E-state index in [2.05, 4.69) is 4.98 Å². The number of ether oxygens (including phenoxy) is 2. The molecular formula is C25H24ClN3O3S2. The highest BCUT2D eigenvalue weighted by molar-refractivity contribution is 7.99. The Kier molecular flexibility index (Phi) is 8.26. The molecule has 2 aromatic carbocycles. The average molecular weight is 514 g/mol. The van der Waals surface area contributed by atoms with Crippen molar-refractivity contribution in [1.82, 2.24) is 9.97 Å². The van der Waals surface area contributed by atoms with Gasteiger partial charge in [0.25, 0.3) is 0 Å². The van der Waals surface area contributed by atoms with E-state index >= 15 is 0 Å². The van der Waals surface area contributed by atoms with Crippen molar-refractivity contribution in [3.8, 4) is 11.5 Å². The van der Waals surface area contributed by atoms with Crippen LogP contribution in [0.3, 0.4) is 0 Å². The van der Waals surface area contributed by atoms with Crippen LogP contribution in [0.15, 0.2) is 65.7 Å². The van der Waals surface area contributed by atoms with Crippen LogP contribution in [0.5, 0.6) is 11.5 Å². The van der Waals surface area contributed by atoms with E-state index in [1.807, 2.05) is 42.5 Å². The predicted molar refractivity (Wildman–Crippen MR) is 140 cm³/mol. The molecule has 2 aromatic heterocycles. The number of hydrogen-bond acceptors (Lipinski definition) is 7. The quantitative estimate of drug-likeness (QED) is 0.179. The maximum absolute atomic E-state index is 13.3. The van der Waals surface area contributed by atoms with E-state index in [1.54, 1.807) is 49.2 Å². The lowest BCUT2D eigenvalue weighted by atomic mass is 10.2. The lowest BCUT2D eigenvalue weighted by Crippen LogP contribution is -2.30. The first kappa shape index (κ1) is 24.3. The number of hydrogen-bond donors (Lipinski definition) is 0. The fraction of sp³-hybridized carbons (Fsp3) is 0.240. The van der Waals surface area contributed by atoms with E-state index in [9.17, 15) is 4.79 Å². The van der Waals surface area contributed by atoms with Crippen LogP contribution in [0.2, 0.25) is 5.02 Å². The van der Waals surface area contributed by atoms with Crippen molar-refractivity contribution in [2.24, 2.45) is 0 Å². The van der Waals surface area contributed by atoms with E-state index in [1.165, 1.54) is 11.3 Å². The van der Waals surface area contributed by atoms with Crippen LogP contribution in [0.4, 0.5) is 5.13 Å². The number of halogens is 1. The average Bonchev–Trinajstić information content (AvgIpc) is 3.32. The normalized spacial score (nSPS) is 10.9. The summed E-state index contributed by atoms with van der Waals surface area (Å²) in [5.41, 5.74) is 1.45. The number of aromatic nitrogens is 2. The molecule has 0 N–H and O–H groups in total. The minimum absolute atomic E-state index is 0.00451. The van der Waals surface area contributed by atoms with Gasteiger partial charge in [-0.1, -0.05) is 29.0 Å². The molecule has 1 amide bonds. The summed E-state index contributed by atoms with van der Waals surface area (Å²) in [5.74, 6) is 2.28. The van der Waals surface area contributed by atoms with Gasteiger partial charge in [-0.05, 0) is 60.7 Å². The number of fused-ring (bicyclic) bond motifs is 1. The molecule has 9 heteroatoms. The van der Waals surface area contributed by atoms with Crippen LogP contribution in [0, 0.1) is 0 Å². The molecule has 0 unspecified atom stereocenters. The molecule has 0 atom stereocenters. The Labute approximate surface area is 211 Å². The maximum Gasteiger partial charge on any atom is 0.229 e. The maximum atomic E-state index is 13.3. The number of carbonyl (C=O) groups excluding carboxylic acids is 1. The number of pyridine rings is 1. The molecule has 4 aromatic rings. The van der Waals surface area contributed by atoms with Crippen LogP contribution in [-0.2, 0) is 11.3 Å². The number of nitrogens with zero attached hydrogens (tertiary/aromatic N) is 3. The molecule has 0 aliphatic rings. The zero-order valence-electron chi connectivity index (χ0n) is 18.9. The number of thioether (sulfide) groups is 1. The molecule has 0 spiro atoms. The number of carbonyl (C=O) groups is 1. The predicted octanol–water partition coefficient (Wildman–Crippen LogP) is 6.47. The molecular weight excluding hydrogens is 490 g/mol. The van der Waals surface area contributed by atoms with E-state index < -0.39 is 0 Å². The topological polar surface area (TPSA) is 64.5 Å².